The van der Waals surface area contributed by atoms with Gasteiger partial charge in [-0.05, 0) is 11.6 Å². The van der Waals surface area contributed by atoms with Crippen LogP contribution in [0.3, 0.4) is 0 Å². The molecular formula is C12H16N2O3S. The van der Waals surface area contributed by atoms with Crippen molar-refractivity contribution in [2.45, 2.75) is 0 Å². The van der Waals surface area contributed by atoms with Crippen LogP contribution >= 0.6 is 0 Å². The number of hydrogen-bond acceptors (Lipinski definition) is 3. The fourth-order valence-electron chi connectivity index (χ4n) is 1.23. The van der Waals surface area contributed by atoms with Crippen molar-refractivity contribution in [3.05, 3.63) is 42.1 Å². The molecule has 0 aromatic heterocycles. The van der Waals surface area contributed by atoms with E-state index in [1.54, 1.807) is 6.08 Å². The van der Waals surface area contributed by atoms with Gasteiger partial charge in [0, 0.05) is 13.2 Å². The average Bonchev–Trinajstić information content (AvgIpc) is 2.34. The van der Waals surface area contributed by atoms with Crippen molar-refractivity contribution in [3.8, 4) is 0 Å². The summed E-state index contributed by atoms with van der Waals surface area (Å²) in [5, 5.41) is 2.39. The number of benzene rings is 1. The highest BCUT2D eigenvalue weighted by Crippen LogP contribution is 2.05. The Balaban J connectivity index is 2.86. The summed E-state index contributed by atoms with van der Waals surface area (Å²) >= 11 is 0. The molecule has 0 aliphatic rings. The van der Waals surface area contributed by atoms with E-state index in [4.69, 9.17) is 0 Å². The molecule has 0 aliphatic heterocycles. The Hall–Kier alpha value is -1.82. The van der Waals surface area contributed by atoms with Gasteiger partial charge in [0.15, 0.2) is 0 Å². The summed E-state index contributed by atoms with van der Waals surface area (Å²) < 4.78 is 24.0. The lowest BCUT2D eigenvalue weighted by molar-refractivity contribution is -0.120. The molecule has 0 unspecified atom stereocenters. The topological polar surface area (TPSA) is 66.5 Å². The molecule has 5 nitrogen and oxygen atoms in total. The largest absolute Gasteiger partial charge is 0.358 e. The van der Waals surface area contributed by atoms with Crippen molar-refractivity contribution >= 4 is 22.0 Å². The van der Waals surface area contributed by atoms with Gasteiger partial charge < -0.3 is 5.32 Å². The Kier molecular flexibility index (Phi) is 4.91. The van der Waals surface area contributed by atoms with Gasteiger partial charge in [0.1, 0.15) is 6.54 Å². The Morgan fingerprint density at radius 2 is 1.94 bits per heavy atom. The lowest BCUT2D eigenvalue weighted by atomic mass is 10.2. The molecule has 1 aromatic rings. The number of nitrogens with one attached hydrogen (secondary N) is 1. The SMILES string of the molecule is CNC(=O)CN(C=Cc1ccccc1)S(C)(=O)=O. The van der Waals surface area contributed by atoms with Crippen molar-refractivity contribution in [1.29, 1.82) is 0 Å². The fraction of sp³-hybridized carbons (Fsp3) is 0.250. The zero-order chi connectivity index (χ0) is 13.6. The monoisotopic (exact) mass is 268 g/mol. The van der Waals surface area contributed by atoms with Crippen LogP contribution < -0.4 is 5.32 Å². The van der Waals surface area contributed by atoms with E-state index in [1.165, 1.54) is 13.2 Å². The third-order valence-corrected chi connectivity index (χ3v) is 3.34. The van der Waals surface area contributed by atoms with Crippen LogP contribution in [0.1, 0.15) is 5.56 Å². The second-order valence-corrected chi connectivity index (χ2v) is 5.64. The van der Waals surface area contributed by atoms with Crippen molar-refractivity contribution < 1.29 is 13.2 Å². The van der Waals surface area contributed by atoms with Crippen molar-refractivity contribution in [2.75, 3.05) is 19.8 Å². The van der Waals surface area contributed by atoms with E-state index >= 15 is 0 Å². The standard InChI is InChI=1S/C12H16N2O3S/c1-13-12(15)10-14(18(2,16)17)9-8-11-6-4-3-5-7-11/h3-9H,10H2,1-2H3,(H,13,15). The molecular weight excluding hydrogens is 252 g/mol. The molecule has 0 bridgehead atoms. The predicted octanol–water partition coefficient (Wildman–Crippen LogP) is 0.665. The van der Waals surface area contributed by atoms with Crippen molar-refractivity contribution in [1.82, 2.24) is 9.62 Å². The maximum absolute atomic E-state index is 11.5. The van der Waals surface area contributed by atoms with Crippen LogP contribution in [0.4, 0.5) is 0 Å². The Morgan fingerprint density at radius 3 is 2.44 bits per heavy atom. The first-order chi connectivity index (χ1) is 8.43. The average molecular weight is 268 g/mol. The fourth-order valence-corrected chi connectivity index (χ4v) is 1.87. The summed E-state index contributed by atoms with van der Waals surface area (Å²) in [4.78, 5) is 11.2. The third kappa shape index (κ3) is 4.58. The normalized spacial score (nSPS) is 11.4. The first-order valence-corrected chi connectivity index (χ1v) is 7.19. The van der Waals surface area contributed by atoms with Gasteiger partial charge in [-0.2, -0.15) is 0 Å². The van der Waals surface area contributed by atoms with Crippen LogP contribution in [-0.2, 0) is 14.8 Å². The summed E-state index contributed by atoms with van der Waals surface area (Å²) in [6.07, 6.45) is 4.09. The van der Waals surface area contributed by atoms with Gasteiger partial charge in [-0.15, -0.1) is 0 Å². The van der Waals surface area contributed by atoms with Gasteiger partial charge in [-0.25, -0.2) is 8.42 Å². The minimum absolute atomic E-state index is 0.224. The molecule has 0 atom stereocenters. The van der Waals surface area contributed by atoms with E-state index in [-0.39, 0.29) is 12.5 Å². The molecule has 6 heteroatoms. The summed E-state index contributed by atoms with van der Waals surface area (Å²) in [5.41, 5.74) is 0.864. The number of nitrogens with zero attached hydrogens (tertiary/aromatic N) is 1. The van der Waals surface area contributed by atoms with E-state index in [2.05, 4.69) is 5.32 Å². The Bertz CT molecular complexity index is 524. The summed E-state index contributed by atoms with van der Waals surface area (Å²) in [7, 11) is -1.99. The van der Waals surface area contributed by atoms with Crippen LogP contribution in [0.2, 0.25) is 0 Å². The van der Waals surface area contributed by atoms with Crippen molar-refractivity contribution in [3.63, 3.8) is 0 Å². The number of amides is 1. The van der Waals surface area contributed by atoms with E-state index < -0.39 is 10.0 Å². The van der Waals surface area contributed by atoms with Crippen LogP contribution in [0.5, 0.6) is 0 Å². The zero-order valence-corrected chi connectivity index (χ0v) is 11.1. The lowest BCUT2D eigenvalue weighted by Crippen LogP contribution is -2.35. The maximum Gasteiger partial charge on any atom is 0.240 e. The Labute approximate surface area is 107 Å². The molecule has 0 saturated carbocycles. The number of carbonyl (C=O) groups excluding carboxylic acids is 1. The molecule has 1 aromatic carbocycles. The van der Waals surface area contributed by atoms with Gasteiger partial charge in [-0.3, -0.25) is 9.10 Å². The second kappa shape index (κ2) is 6.20. The van der Waals surface area contributed by atoms with E-state index in [1.807, 2.05) is 30.3 Å². The molecule has 0 aliphatic carbocycles. The van der Waals surface area contributed by atoms with E-state index in [0.717, 1.165) is 16.1 Å². The molecule has 0 fully saturated rings. The van der Waals surface area contributed by atoms with Gasteiger partial charge in [0.25, 0.3) is 0 Å². The summed E-state index contributed by atoms with van der Waals surface area (Å²) in [6, 6.07) is 9.26. The van der Waals surface area contributed by atoms with E-state index in [9.17, 15) is 13.2 Å². The summed E-state index contributed by atoms with van der Waals surface area (Å²) in [6.45, 7) is -0.224. The smallest absolute Gasteiger partial charge is 0.240 e. The van der Waals surface area contributed by atoms with E-state index in [0.29, 0.717) is 0 Å². The number of rotatable bonds is 5. The van der Waals surface area contributed by atoms with Crippen LogP contribution in [0, 0.1) is 0 Å². The Morgan fingerprint density at radius 1 is 1.33 bits per heavy atom. The molecule has 0 heterocycles. The molecule has 0 saturated heterocycles. The first-order valence-electron chi connectivity index (χ1n) is 5.34. The predicted molar refractivity (Wildman–Crippen MR) is 71.1 cm³/mol. The molecule has 0 spiro atoms. The second-order valence-electron chi connectivity index (χ2n) is 3.71. The van der Waals surface area contributed by atoms with Gasteiger partial charge in [0.2, 0.25) is 15.9 Å². The quantitative estimate of drug-likeness (QED) is 0.853. The summed E-state index contributed by atoms with van der Waals surface area (Å²) in [5.74, 6) is -0.363. The number of sulfonamides is 1. The number of hydrogen-bond donors (Lipinski definition) is 1. The van der Waals surface area contributed by atoms with Crippen LogP contribution in [0.15, 0.2) is 36.5 Å². The molecule has 0 radical (unpaired) electrons. The maximum atomic E-state index is 11.5. The molecule has 98 valence electrons. The van der Waals surface area contributed by atoms with Crippen LogP contribution in [-0.4, -0.2) is 38.5 Å². The lowest BCUT2D eigenvalue weighted by Gasteiger charge is -2.16. The molecule has 1 amide bonds. The van der Waals surface area contributed by atoms with Gasteiger partial charge in [-0.1, -0.05) is 30.3 Å². The molecule has 1 N–H and O–H groups in total. The van der Waals surface area contributed by atoms with Crippen LogP contribution in [0.25, 0.3) is 6.08 Å². The molecule has 1 rings (SSSR count). The van der Waals surface area contributed by atoms with Gasteiger partial charge >= 0.3 is 0 Å². The minimum atomic E-state index is -3.45. The number of carbonyl (C=O) groups is 1. The highest BCUT2D eigenvalue weighted by atomic mass is 32.2. The zero-order valence-electron chi connectivity index (χ0n) is 10.3. The molecule has 18 heavy (non-hydrogen) atoms. The minimum Gasteiger partial charge on any atom is -0.358 e. The highest BCUT2D eigenvalue weighted by molar-refractivity contribution is 7.88. The van der Waals surface area contributed by atoms with Gasteiger partial charge in [0.05, 0.1) is 6.26 Å². The number of likely N-dealkylation sites (N-methyl/N-ethyl adjacent to an activating group) is 1. The first kappa shape index (κ1) is 14.2. The third-order valence-electron chi connectivity index (χ3n) is 2.24. The highest BCUT2D eigenvalue weighted by Gasteiger charge is 2.14. The van der Waals surface area contributed by atoms with Crippen molar-refractivity contribution in [2.24, 2.45) is 0 Å².